The van der Waals surface area contributed by atoms with E-state index in [1.807, 2.05) is 18.2 Å². The fourth-order valence-corrected chi connectivity index (χ4v) is 1.35. The highest BCUT2D eigenvalue weighted by Gasteiger charge is 2.18. The third-order valence-electron chi connectivity index (χ3n) is 2.08. The summed E-state index contributed by atoms with van der Waals surface area (Å²) in [4.78, 5) is 0. The molecule has 1 heterocycles. The quantitative estimate of drug-likeness (QED) is 0.727. The molecule has 4 heteroatoms. The monoisotopic (exact) mass is 190 g/mol. The molecule has 0 saturated heterocycles. The average Bonchev–Trinajstić information content (AvgIpc) is 2.27. The highest BCUT2D eigenvalue weighted by molar-refractivity contribution is 5.62. The largest absolute Gasteiger partial charge is 0.497 e. The predicted molar refractivity (Wildman–Crippen MR) is 51.5 cm³/mol. The molecule has 0 radical (unpaired) electrons. The first-order valence-electron chi connectivity index (χ1n) is 4.30. The van der Waals surface area contributed by atoms with Crippen molar-refractivity contribution < 1.29 is 9.47 Å². The lowest BCUT2D eigenvalue weighted by Crippen LogP contribution is -2.29. The van der Waals surface area contributed by atoms with Gasteiger partial charge in [-0.1, -0.05) is 0 Å². The molecule has 0 aliphatic carbocycles. The summed E-state index contributed by atoms with van der Waals surface area (Å²) < 4.78 is 10.5. The fraction of sp³-hybridized carbons (Fsp3) is 0.300. The van der Waals surface area contributed by atoms with Gasteiger partial charge in [0, 0.05) is 6.07 Å². The minimum absolute atomic E-state index is 0.283. The Kier molecular flexibility index (Phi) is 2.15. The minimum atomic E-state index is -0.283. The summed E-state index contributed by atoms with van der Waals surface area (Å²) in [5, 5.41) is 11.8. The lowest BCUT2D eigenvalue weighted by Gasteiger charge is -2.23. The van der Waals surface area contributed by atoms with Crippen LogP contribution in [0.4, 0.5) is 5.69 Å². The molecule has 1 aromatic rings. The van der Waals surface area contributed by atoms with Gasteiger partial charge in [-0.3, -0.25) is 0 Å². The standard InChI is InChI=1S/C10H10N2O2/c1-13-8-2-3-10-9(4-8)12-7(5-11)6-14-10/h2-4,7,12H,6H2,1H3. The molecule has 1 atom stereocenters. The van der Waals surface area contributed by atoms with Crippen LogP contribution in [0.15, 0.2) is 18.2 Å². The molecule has 0 amide bonds. The number of anilines is 1. The Hall–Kier alpha value is -1.89. The zero-order valence-electron chi connectivity index (χ0n) is 7.78. The zero-order valence-corrected chi connectivity index (χ0v) is 7.78. The summed E-state index contributed by atoms with van der Waals surface area (Å²) in [6, 6.07) is 7.30. The van der Waals surface area contributed by atoms with E-state index in [1.54, 1.807) is 7.11 Å². The van der Waals surface area contributed by atoms with Crippen molar-refractivity contribution in [2.75, 3.05) is 19.0 Å². The first-order valence-corrected chi connectivity index (χ1v) is 4.30. The Labute approximate surface area is 82.1 Å². The van der Waals surface area contributed by atoms with Crippen molar-refractivity contribution in [2.45, 2.75) is 6.04 Å². The summed E-state index contributed by atoms with van der Waals surface area (Å²) >= 11 is 0. The Morgan fingerprint density at radius 3 is 3.21 bits per heavy atom. The molecular formula is C10H10N2O2. The smallest absolute Gasteiger partial charge is 0.149 e. The van der Waals surface area contributed by atoms with Crippen LogP contribution < -0.4 is 14.8 Å². The van der Waals surface area contributed by atoms with Gasteiger partial charge in [0.1, 0.15) is 24.1 Å². The van der Waals surface area contributed by atoms with E-state index in [0.717, 1.165) is 17.2 Å². The molecule has 0 fully saturated rings. The Morgan fingerprint density at radius 1 is 1.64 bits per heavy atom. The van der Waals surface area contributed by atoms with Gasteiger partial charge >= 0.3 is 0 Å². The van der Waals surface area contributed by atoms with Crippen LogP contribution in [0.5, 0.6) is 11.5 Å². The summed E-state index contributed by atoms with van der Waals surface area (Å²) in [7, 11) is 1.60. The second kappa shape index (κ2) is 3.46. The molecule has 0 saturated carbocycles. The van der Waals surface area contributed by atoms with E-state index in [-0.39, 0.29) is 6.04 Å². The van der Waals surface area contributed by atoms with Crippen molar-refractivity contribution in [3.8, 4) is 17.6 Å². The van der Waals surface area contributed by atoms with Crippen molar-refractivity contribution in [3.63, 3.8) is 0 Å². The van der Waals surface area contributed by atoms with Crippen LogP contribution in [0.25, 0.3) is 0 Å². The van der Waals surface area contributed by atoms with Crippen molar-refractivity contribution in [2.24, 2.45) is 0 Å². The van der Waals surface area contributed by atoms with Crippen LogP contribution in [-0.2, 0) is 0 Å². The minimum Gasteiger partial charge on any atom is -0.497 e. The maximum atomic E-state index is 8.72. The SMILES string of the molecule is COc1ccc2c(c1)NC(C#N)CO2. The number of ether oxygens (including phenoxy) is 2. The zero-order chi connectivity index (χ0) is 9.97. The van der Waals surface area contributed by atoms with E-state index in [9.17, 15) is 0 Å². The number of rotatable bonds is 1. The molecule has 0 bridgehead atoms. The van der Waals surface area contributed by atoms with Crippen molar-refractivity contribution in [1.29, 1.82) is 5.26 Å². The molecule has 2 rings (SSSR count). The average molecular weight is 190 g/mol. The van der Waals surface area contributed by atoms with Crippen LogP contribution >= 0.6 is 0 Å². The van der Waals surface area contributed by atoms with E-state index >= 15 is 0 Å². The number of hydrogen-bond acceptors (Lipinski definition) is 4. The van der Waals surface area contributed by atoms with Gasteiger partial charge in [-0.05, 0) is 12.1 Å². The van der Waals surface area contributed by atoms with E-state index in [1.165, 1.54) is 0 Å². The first-order chi connectivity index (χ1) is 6.83. The maximum Gasteiger partial charge on any atom is 0.149 e. The Balaban J connectivity index is 2.30. The van der Waals surface area contributed by atoms with Crippen LogP contribution in [0.3, 0.4) is 0 Å². The van der Waals surface area contributed by atoms with Crippen LogP contribution in [0.2, 0.25) is 0 Å². The van der Waals surface area contributed by atoms with Gasteiger partial charge < -0.3 is 14.8 Å². The summed E-state index contributed by atoms with van der Waals surface area (Å²) in [5.41, 5.74) is 0.808. The van der Waals surface area contributed by atoms with Gasteiger partial charge in [0.15, 0.2) is 0 Å². The van der Waals surface area contributed by atoms with E-state index in [2.05, 4.69) is 11.4 Å². The van der Waals surface area contributed by atoms with Crippen LogP contribution in [0.1, 0.15) is 0 Å². The van der Waals surface area contributed by atoms with Gasteiger partial charge in [-0.15, -0.1) is 0 Å². The van der Waals surface area contributed by atoms with Crippen molar-refractivity contribution >= 4 is 5.69 Å². The van der Waals surface area contributed by atoms with Gasteiger partial charge in [-0.25, -0.2) is 0 Å². The highest BCUT2D eigenvalue weighted by Crippen LogP contribution is 2.32. The Bertz CT molecular complexity index is 384. The molecule has 1 N–H and O–H groups in total. The molecule has 0 spiro atoms. The molecule has 1 aromatic carbocycles. The van der Waals surface area contributed by atoms with Gasteiger partial charge in [0.05, 0.1) is 18.9 Å². The maximum absolute atomic E-state index is 8.72. The number of hydrogen-bond donors (Lipinski definition) is 1. The molecule has 4 nitrogen and oxygen atoms in total. The van der Waals surface area contributed by atoms with Gasteiger partial charge in [0.2, 0.25) is 0 Å². The first kappa shape index (κ1) is 8.70. The third kappa shape index (κ3) is 1.44. The van der Waals surface area contributed by atoms with E-state index < -0.39 is 0 Å². The number of nitrogens with one attached hydrogen (secondary N) is 1. The van der Waals surface area contributed by atoms with Crippen molar-refractivity contribution in [3.05, 3.63) is 18.2 Å². The molecular weight excluding hydrogens is 180 g/mol. The summed E-state index contributed by atoms with van der Waals surface area (Å²) in [5.74, 6) is 1.51. The molecule has 0 aromatic heterocycles. The molecule has 14 heavy (non-hydrogen) atoms. The van der Waals surface area contributed by atoms with Gasteiger partial charge in [-0.2, -0.15) is 5.26 Å². The lowest BCUT2D eigenvalue weighted by molar-refractivity contribution is 0.303. The number of nitrogens with zero attached hydrogens (tertiary/aromatic N) is 1. The Morgan fingerprint density at radius 2 is 2.50 bits per heavy atom. The number of fused-ring (bicyclic) bond motifs is 1. The summed E-state index contributed by atoms with van der Waals surface area (Å²) in [6.07, 6.45) is 0. The number of nitriles is 1. The predicted octanol–water partition coefficient (Wildman–Crippen LogP) is 1.39. The van der Waals surface area contributed by atoms with Crippen LogP contribution in [-0.4, -0.2) is 19.8 Å². The van der Waals surface area contributed by atoms with E-state index in [4.69, 9.17) is 14.7 Å². The second-order valence-corrected chi connectivity index (χ2v) is 3.00. The molecule has 1 unspecified atom stereocenters. The fourth-order valence-electron chi connectivity index (χ4n) is 1.35. The third-order valence-corrected chi connectivity index (χ3v) is 2.08. The highest BCUT2D eigenvalue weighted by atomic mass is 16.5. The van der Waals surface area contributed by atoms with Gasteiger partial charge in [0.25, 0.3) is 0 Å². The lowest BCUT2D eigenvalue weighted by atomic mass is 10.2. The topological polar surface area (TPSA) is 54.3 Å². The van der Waals surface area contributed by atoms with Crippen LogP contribution in [0, 0.1) is 11.3 Å². The summed E-state index contributed by atoms with van der Waals surface area (Å²) in [6.45, 7) is 0.385. The van der Waals surface area contributed by atoms with Crippen molar-refractivity contribution in [1.82, 2.24) is 0 Å². The molecule has 1 aliphatic heterocycles. The normalized spacial score (nSPS) is 18.4. The molecule has 72 valence electrons. The van der Waals surface area contributed by atoms with E-state index in [0.29, 0.717) is 6.61 Å². The second-order valence-electron chi connectivity index (χ2n) is 3.00. The number of methoxy groups -OCH3 is 1. The number of benzene rings is 1. The molecule has 1 aliphatic rings.